The summed E-state index contributed by atoms with van der Waals surface area (Å²) in [4.78, 5) is 15.2. The Kier molecular flexibility index (Phi) is 5.06. The van der Waals surface area contributed by atoms with E-state index in [9.17, 15) is 9.90 Å². The van der Waals surface area contributed by atoms with Crippen LogP contribution in [0, 0.1) is 6.92 Å². The van der Waals surface area contributed by atoms with Gasteiger partial charge in [-0.2, -0.15) is 0 Å². The van der Waals surface area contributed by atoms with E-state index < -0.39 is 5.60 Å². The van der Waals surface area contributed by atoms with E-state index in [-0.39, 0.29) is 12.6 Å². The Morgan fingerprint density at radius 2 is 2.12 bits per heavy atom. The number of aromatic nitrogens is 1. The molecule has 1 aliphatic rings. The maximum absolute atomic E-state index is 11.9. The highest BCUT2D eigenvalue weighted by Crippen LogP contribution is 2.21. The zero-order valence-corrected chi connectivity index (χ0v) is 14.0. The minimum absolute atomic E-state index is 0.245. The van der Waals surface area contributed by atoms with Gasteiger partial charge in [-0.05, 0) is 24.5 Å². The highest BCUT2D eigenvalue weighted by Gasteiger charge is 2.29. The van der Waals surface area contributed by atoms with Crippen LogP contribution < -0.4 is 10.6 Å². The summed E-state index contributed by atoms with van der Waals surface area (Å²) in [6, 6.07) is 5.97. The summed E-state index contributed by atoms with van der Waals surface area (Å²) in [5.41, 5.74) is 2.72. The molecule has 0 bridgehead atoms. The molecule has 0 atom stereocenters. The van der Waals surface area contributed by atoms with Crippen molar-refractivity contribution in [3.8, 4) is 0 Å². The maximum Gasteiger partial charge on any atom is 0.314 e. The molecule has 3 rings (SSSR count). The van der Waals surface area contributed by atoms with E-state index in [0.717, 1.165) is 11.9 Å². The van der Waals surface area contributed by atoms with E-state index in [1.165, 1.54) is 16.5 Å². The number of carbonyl (C=O) groups is 1. The number of aromatic amines is 1. The highest BCUT2D eigenvalue weighted by molar-refractivity contribution is 5.85. The summed E-state index contributed by atoms with van der Waals surface area (Å²) in [5.74, 6) is 0. The van der Waals surface area contributed by atoms with Crippen LogP contribution >= 0.6 is 0 Å². The molecule has 0 aliphatic carbocycles. The third kappa shape index (κ3) is 3.88. The third-order valence-electron chi connectivity index (χ3n) is 4.69. The fourth-order valence-corrected chi connectivity index (χ4v) is 3.12. The number of ether oxygens (including phenoxy) is 1. The number of hydrogen-bond donors (Lipinski definition) is 4. The fraction of sp³-hybridized carbons (Fsp3) is 0.500. The standard InChI is InChI=1S/C18H25N3O3/c1-13-3-2-4-15-14(11-20-16(13)15)5-8-19-17(22)21-12-18(23)6-9-24-10-7-18/h2-4,11,20,23H,5-10,12H2,1H3,(H2,19,21,22). The number of benzene rings is 1. The maximum atomic E-state index is 11.9. The van der Waals surface area contributed by atoms with Crippen molar-refractivity contribution in [3.63, 3.8) is 0 Å². The van der Waals surface area contributed by atoms with Gasteiger partial charge in [-0.15, -0.1) is 0 Å². The van der Waals surface area contributed by atoms with Gasteiger partial charge >= 0.3 is 6.03 Å². The third-order valence-corrected chi connectivity index (χ3v) is 4.69. The van der Waals surface area contributed by atoms with Crippen LogP contribution in [0.15, 0.2) is 24.4 Å². The van der Waals surface area contributed by atoms with Crippen molar-refractivity contribution in [1.82, 2.24) is 15.6 Å². The smallest absolute Gasteiger partial charge is 0.314 e. The number of aryl methyl sites for hydroxylation is 1. The van der Waals surface area contributed by atoms with Gasteiger partial charge in [0, 0.05) is 56.2 Å². The Morgan fingerprint density at radius 3 is 2.92 bits per heavy atom. The molecule has 1 aromatic heterocycles. The molecule has 2 heterocycles. The monoisotopic (exact) mass is 331 g/mol. The van der Waals surface area contributed by atoms with Crippen LogP contribution in [0.1, 0.15) is 24.0 Å². The van der Waals surface area contributed by atoms with Crippen molar-refractivity contribution in [3.05, 3.63) is 35.5 Å². The van der Waals surface area contributed by atoms with Crippen molar-refractivity contribution < 1.29 is 14.6 Å². The van der Waals surface area contributed by atoms with Gasteiger partial charge in [0.1, 0.15) is 0 Å². The summed E-state index contributed by atoms with van der Waals surface area (Å²) in [6.45, 7) is 3.97. The molecule has 0 unspecified atom stereocenters. The Balaban J connectivity index is 1.45. The number of aliphatic hydroxyl groups is 1. The zero-order valence-electron chi connectivity index (χ0n) is 14.0. The second kappa shape index (κ2) is 7.23. The van der Waals surface area contributed by atoms with E-state index >= 15 is 0 Å². The van der Waals surface area contributed by atoms with Crippen LogP contribution in [0.3, 0.4) is 0 Å². The first-order chi connectivity index (χ1) is 11.6. The second-order valence-electron chi connectivity index (χ2n) is 6.51. The largest absolute Gasteiger partial charge is 0.388 e. The molecule has 1 saturated heterocycles. The van der Waals surface area contributed by atoms with Gasteiger partial charge in [0.15, 0.2) is 0 Å². The predicted octanol–water partition coefficient (Wildman–Crippen LogP) is 1.86. The lowest BCUT2D eigenvalue weighted by molar-refractivity contribution is -0.0600. The molecule has 24 heavy (non-hydrogen) atoms. The van der Waals surface area contributed by atoms with Crippen LogP contribution in [-0.4, -0.2) is 48.0 Å². The molecule has 0 spiro atoms. The molecular weight excluding hydrogens is 306 g/mol. The lowest BCUT2D eigenvalue weighted by atomic mass is 9.94. The molecule has 1 fully saturated rings. The second-order valence-corrected chi connectivity index (χ2v) is 6.51. The van der Waals surface area contributed by atoms with E-state index in [2.05, 4.69) is 34.7 Å². The van der Waals surface area contributed by atoms with Gasteiger partial charge in [0.25, 0.3) is 0 Å². The summed E-state index contributed by atoms with van der Waals surface area (Å²) in [5, 5.41) is 17.1. The van der Waals surface area contributed by atoms with E-state index in [0.29, 0.717) is 32.6 Å². The average Bonchev–Trinajstić information content (AvgIpc) is 2.99. The fourth-order valence-electron chi connectivity index (χ4n) is 3.12. The number of amides is 2. The minimum Gasteiger partial charge on any atom is -0.388 e. The zero-order chi connectivity index (χ0) is 17.0. The average molecular weight is 331 g/mol. The predicted molar refractivity (Wildman–Crippen MR) is 93.1 cm³/mol. The Morgan fingerprint density at radius 1 is 1.33 bits per heavy atom. The first kappa shape index (κ1) is 16.8. The van der Waals surface area contributed by atoms with Crippen LogP contribution in [0.5, 0.6) is 0 Å². The lowest BCUT2D eigenvalue weighted by Gasteiger charge is -2.32. The number of para-hydroxylation sites is 1. The Hall–Kier alpha value is -2.05. The lowest BCUT2D eigenvalue weighted by Crippen LogP contribution is -2.49. The molecule has 6 nitrogen and oxygen atoms in total. The molecule has 4 N–H and O–H groups in total. The normalized spacial score (nSPS) is 16.9. The number of fused-ring (bicyclic) bond motifs is 1. The topological polar surface area (TPSA) is 86.4 Å². The Bertz CT molecular complexity index is 705. The van der Waals surface area contributed by atoms with Crippen LogP contribution in [0.2, 0.25) is 0 Å². The first-order valence-electron chi connectivity index (χ1n) is 8.45. The summed E-state index contributed by atoms with van der Waals surface area (Å²) >= 11 is 0. The minimum atomic E-state index is -0.843. The van der Waals surface area contributed by atoms with Crippen molar-refractivity contribution >= 4 is 16.9 Å². The van der Waals surface area contributed by atoms with Crippen molar-refractivity contribution in [2.45, 2.75) is 31.8 Å². The summed E-state index contributed by atoms with van der Waals surface area (Å²) < 4.78 is 5.23. The molecule has 1 aromatic carbocycles. The van der Waals surface area contributed by atoms with Crippen molar-refractivity contribution in [2.75, 3.05) is 26.3 Å². The summed E-state index contributed by atoms with van der Waals surface area (Å²) in [7, 11) is 0. The molecule has 0 radical (unpaired) electrons. The van der Waals surface area contributed by atoms with Gasteiger partial charge in [-0.1, -0.05) is 18.2 Å². The van der Waals surface area contributed by atoms with Crippen LogP contribution in [-0.2, 0) is 11.2 Å². The van der Waals surface area contributed by atoms with Crippen molar-refractivity contribution in [2.24, 2.45) is 0 Å². The number of H-pyrrole nitrogens is 1. The van der Waals surface area contributed by atoms with Crippen LogP contribution in [0.25, 0.3) is 10.9 Å². The number of nitrogens with one attached hydrogen (secondary N) is 3. The van der Waals surface area contributed by atoms with E-state index in [4.69, 9.17) is 4.74 Å². The van der Waals surface area contributed by atoms with Gasteiger partial charge in [-0.3, -0.25) is 0 Å². The van der Waals surface area contributed by atoms with E-state index in [1.54, 1.807) is 0 Å². The number of carbonyl (C=O) groups excluding carboxylic acids is 1. The molecule has 1 aliphatic heterocycles. The van der Waals surface area contributed by atoms with E-state index in [1.807, 2.05) is 12.3 Å². The van der Waals surface area contributed by atoms with Gasteiger partial charge in [-0.25, -0.2) is 4.79 Å². The summed E-state index contributed by atoms with van der Waals surface area (Å²) in [6.07, 6.45) is 3.88. The molecule has 2 amide bonds. The molecule has 2 aromatic rings. The molecular formula is C18H25N3O3. The molecule has 0 saturated carbocycles. The number of urea groups is 1. The van der Waals surface area contributed by atoms with Crippen molar-refractivity contribution in [1.29, 1.82) is 0 Å². The van der Waals surface area contributed by atoms with Gasteiger partial charge < -0.3 is 25.5 Å². The van der Waals surface area contributed by atoms with Crippen LogP contribution in [0.4, 0.5) is 4.79 Å². The SMILES string of the molecule is Cc1cccc2c(CCNC(=O)NCC3(O)CCOCC3)c[nH]c12. The highest BCUT2D eigenvalue weighted by atomic mass is 16.5. The Labute approximate surface area is 141 Å². The quantitative estimate of drug-likeness (QED) is 0.674. The first-order valence-corrected chi connectivity index (χ1v) is 8.45. The number of rotatable bonds is 5. The number of hydrogen-bond acceptors (Lipinski definition) is 3. The van der Waals surface area contributed by atoms with Gasteiger partial charge in [0.2, 0.25) is 0 Å². The molecule has 6 heteroatoms. The van der Waals surface area contributed by atoms with Gasteiger partial charge in [0.05, 0.1) is 5.60 Å². The molecule has 130 valence electrons.